The largest absolute Gasteiger partial charge is 0.490 e. The molecule has 1 aliphatic heterocycles. The molecule has 0 radical (unpaired) electrons. The van der Waals surface area contributed by atoms with Crippen LogP contribution in [0.4, 0.5) is 5.69 Å². The van der Waals surface area contributed by atoms with Crippen molar-refractivity contribution in [3.05, 3.63) is 111 Å². The van der Waals surface area contributed by atoms with Gasteiger partial charge in [-0.05, 0) is 55.0 Å². The number of hydrogen-bond acceptors (Lipinski definition) is 8. The molecule has 11 heteroatoms. The molecule has 4 aromatic rings. The molecule has 0 saturated carbocycles. The first-order chi connectivity index (χ1) is 19.3. The molecule has 2 aromatic heterocycles. The van der Waals surface area contributed by atoms with Crippen LogP contribution >= 0.6 is 0 Å². The van der Waals surface area contributed by atoms with Gasteiger partial charge in [0.1, 0.15) is 23.1 Å². The summed E-state index contributed by atoms with van der Waals surface area (Å²) in [6.07, 6.45) is 4.64. The predicted octanol–water partition coefficient (Wildman–Crippen LogP) is 4.84. The maximum Gasteiger partial charge on any atom is 0.311 e. The molecule has 0 N–H and O–H groups in total. The Morgan fingerprint density at radius 3 is 2.55 bits per heavy atom. The van der Waals surface area contributed by atoms with Gasteiger partial charge in [-0.2, -0.15) is 10.4 Å². The van der Waals surface area contributed by atoms with Gasteiger partial charge in [0.2, 0.25) is 0 Å². The van der Waals surface area contributed by atoms with Gasteiger partial charge in [0.15, 0.2) is 5.75 Å². The number of aromatic nitrogens is 2. The lowest BCUT2D eigenvalue weighted by Crippen LogP contribution is -2.42. The maximum absolute atomic E-state index is 13.6. The minimum atomic E-state index is -0.718. The summed E-state index contributed by atoms with van der Waals surface area (Å²) in [6.45, 7) is 1.38. The van der Waals surface area contributed by atoms with E-state index in [4.69, 9.17) is 9.15 Å². The predicted molar refractivity (Wildman–Crippen MR) is 143 cm³/mol. The van der Waals surface area contributed by atoms with Gasteiger partial charge >= 0.3 is 5.69 Å². The number of ether oxygens (including phenoxy) is 1. The van der Waals surface area contributed by atoms with Crippen molar-refractivity contribution in [1.29, 1.82) is 5.26 Å². The molecule has 0 spiro atoms. The van der Waals surface area contributed by atoms with Crippen LogP contribution in [0.5, 0.6) is 5.75 Å². The second-order valence-corrected chi connectivity index (χ2v) is 8.80. The zero-order valence-electron chi connectivity index (χ0n) is 21.4. The maximum atomic E-state index is 13.6. The Hall–Kier alpha value is -5.76. The second-order valence-electron chi connectivity index (χ2n) is 8.80. The van der Waals surface area contributed by atoms with Crippen molar-refractivity contribution < 1.29 is 23.7 Å². The molecule has 0 bridgehead atoms. The monoisotopic (exact) mass is 535 g/mol. The van der Waals surface area contributed by atoms with Crippen LogP contribution in [0.1, 0.15) is 18.2 Å². The number of imide groups is 1. The van der Waals surface area contributed by atoms with E-state index < -0.39 is 16.7 Å². The number of carbonyl (C=O) groups is 2. The van der Waals surface area contributed by atoms with Crippen LogP contribution in [0.2, 0.25) is 0 Å². The van der Waals surface area contributed by atoms with Crippen molar-refractivity contribution >= 4 is 23.6 Å². The van der Waals surface area contributed by atoms with Gasteiger partial charge in [0.05, 0.1) is 30.5 Å². The van der Waals surface area contributed by atoms with Crippen molar-refractivity contribution in [3.63, 3.8) is 0 Å². The summed E-state index contributed by atoms with van der Waals surface area (Å²) in [5.41, 5.74) is 1.81. The molecule has 2 amide bonds. The molecule has 40 heavy (non-hydrogen) atoms. The van der Waals surface area contributed by atoms with Gasteiger partial charge in [0.25, 0.3) is 11.8 Å². The first kappa shape index (κ1) is 25.9. The van der Waals surface area contributed by atoms with Crippen molar-refractivity contribution in [2.75, 3.05) is 7.11 Å². The van der Waals surface area contributed by atoms with Gasteiger partial charge in [-0.3, -0.25) is 24.6 Å². The average molecular weight is 536 g/mol. The summed E-state index contributed by atoms with van der Waals surface area (Å²) < 4.78 is 12.0. The Kier molecular flexibility index (Phi) is 6.82. The Bertz CT molecular complexity index is 1740. The van der Waals surface area contributed by atoms with Gasteiger partial charge in [-0.1, -0.05) is 18.2 Å². The van der Waals surface area contributed by atoms with E-state index in [1.165, 1.54) is 38.5 Å². The number of nitrogens with zero attached hydrogens (tertiary/aromatic N) is 5. The standard InChI is InChI=1S/C29H21N5O6/c1-18-23(28(35)32(29(36)24(18)15-30)17-22-9-6-12-40-22)13-20-16-33(21-7-4-3-5-8-21)31-27(20)19-10-11-26(39-2)25(14-19)34(37)38/h3-14,16H,17H2,1-2H3/b23-13+. The highest BCUT2D eigenvalue weighted by Crippen LogP contribution is 2.35. The highest BCUT2D eigenvalue weighted by Gasteiger charge is 2.36. The molecular weight excluding hydrogens is 514 g/mol. The number of methoxy groups -OCH3 is 1. The van der Waals surface area contributed by atoms with Crippen LogP contribution in [0.15, 0.2) is 94.3 Å². The van der Waals surface area contributed by atoms with Gasteiger partial charge in [-0.15, -0.1) is 0 Å². The van der Waals surface area contributed by atoms with Crippen LogP contribution < -0.4 is 4.74 Å². The first-order valence-electron chi connectivity index (χ1n) is 12.0. The number of nitro benzene ring substituents is 1. The van der Waals surface area contributed by atoms with E-state index in [2.05, 4.69) is 5.10 Å². The number of furan rings is 1. The number of hydrogen-bond donors (Lipinski definition) is 0. The van der Waals surface area contributed by atoms with Gasteiger partial charge in [0, 0.05) is 29.0 Å². The minimum absolute atomic E-state index is 0.0862. The Labute approximate surface area is 228 Å². The lowest BCUT2D eigenvalue weighted by molar-refractivity contribution is -0.385. The molecule has 5 rings (SSSR count). The summed E-state index contributed by atoms with van der Waals surface area (Å²) in [6, 6.07) is 18.8. The smallest absolute Gasteiger partial charge is 0.311 e. The Morgan fingerprint density at radius 1 is 1.12 bits per heavy atom. The van der Waals surface area contributed by atoms with Crippen molar-refractivity contribution in [2.45, 2.75) is 13.5 Å². The van der Waals surface area contributed by atoms with Gasteiger partial charge < -0.3 is 9.15 Å². The van der Waals surface area contributed by atoms with Crippen LogP contribution in [-0.2, 0) is 16.1 Å². The fraction of sp³-hybridized carbons (Fsp3) is 0.103. The number of nitriles is 1. The molecule has 11 nitrogen and oxygen atoms in total. The van der Waals surface area contributed by atoms with E-state index in [9.17, 15) is 25.0 Å². The zero-order chi connectivity index (χ0) is 28.4. The minimum Gasteiger partial charge on any atom is -0.490 e. The highest BCUT2D eigenvalue weighted by molar-refractivity contribution is 6.19. The van der Waals surface area contributed by atoms with Gasteiger partial charge in [-0.25, -0.2) is 4.68 Å². The lowest BCUT2D eigenvalue weighted by atomic mass is 9.93. The molecule has 0 unspecified atom stereocenters. The summed E-state index contributed by atoms with van der Waals surface area (Å²) in [5, 5.41) is 26.1. The van der Waals surface area contributed by atoms with E-state index in [1.54, 1.807) is 29.1 Å². The summed E-state index contributed by atoms with van der Waals surface area (Å²) >= 11 is 0. The molecule has 198 valence electrons. The number of para-hydroxylation sites is 1. The second kappa shape index (κ2) is 10.5. The molecule has 0 aliphatic carbocycles. The van der Waals surface area contributed by atoms with Crippen LogP contribution in [0.3, 0.4) is 0 Å². The molecule has 0 fully saturated rings. The van der Waals surface area contributed by atoms with Crippen molar-refractivity contribution in [2.24, 2.45) is 0 Å². The molecule has 2 aromatic carbocycles. The quantitative estimate of drug-likeness (QED) is 0.141. The number of amides is 2. The van der Waals surface area contributed by atoms with E-state index in [-0.39, 0.29) is 34.7 Å². The van der Waals surface area contributed by atoms with Crippen molar-refractivity contribution in [3.8, 4) is 28.8 Å². The van der Waals surface area contributed by atoms with Crippen LogP contribution in [0.25, 0.3) is 23.0 Å². The fourth-order valence-electron chi connectivity index (χ4n) is 4.40. The number of carbonyl (C=O) groups excluding carboxylic acids is 2. The topological polar surface area (TPSA) is 145 Å². The lowest BCUT2D eigenvalue weighted by Gasteiger charge is -2.26. The van der Waals surface area contributed by atoms with E-state index in [0.717, 1.165) is 4.90 Å². The van der Waals surface area contributed by atoms with Crippen LogP contribution in [-0.4, -0.2) is 38.5 Å². The third-order valence-electron chi connectivity index (χ3n) is 6.43. The summed E-state index contributed by atoms with van der Waals surface area (Å²) in [7, 11) is 1.34. The molecular formula is C29H21N5O6. The Balaban J connectivity index is 1.69. The third-order valence-corrected chi connectivity index (χ3v) is 6.43. The molecule has 3 heterocycles. The zero-order valence-corrected chi connectivity index (χ0v) is 21.4. The first-order valence-corrected chi connectivity index (χ1v) is 12.0. The molecule has 0 saturated heterocycles. The number of nitro groups is 1. The fourth-order valence-corrected chi connectivity index (χ4v) is 4.40. The summed E-state index contributed by atoms with van der Waals surface area (Å²) in [5.74, 6) is -0.870. The highest BCUT2D eigenvalue weighted by atomic mass is 16.6. The number of benzene rings is 2. The van der Waals surface area contributed by atoms with Crippen molar-refractivity contribution in [1.82, 2.24) is 14.7 Å². The van der Waals surface area contributed by atoms with E-state index >= 15 is 0 Å². The van der Waals surface area contributed by atoms with E-state index in [0.29, 0.717) is 28.3 Å². The molecule has 0 atom stereocenters. The molecule has 1 aliphatic rings. The normalized spacial score (nSPS) is 14.5. The number of rotatable bonds is 7. The summed E-state index contributed by atoms with van der Waals surface area (Å²) in [4.78, 5) is 38.7. The van der Waals surface area contributed by atoms with Crippen LogP contribution in [0, 0.1) is 21.4 Å². The average Bonchev–Trinajstić information content (AvgIpc) is 3.64. The third kappa shape index (κ3) is 4.65. The SMILES string of the molecule is COc1ccc(-c2nn(-c3ccccc3)cc2/C=C2/C(=O)N(Cc3ccco3)C(=O)C(C#N)=C2C)cc1[N+](=O)[O-]. The Morgan fingerprint density at radius 2 is 1.90 bits per heavy atom. The van der Waals surface area contributed by atoms with E-state index in [1.807, 2.05) is 36.4 Å².